The van der Waals surface area contributed by atoms with Gasteiger partial charge in [0.25, 0.3) is 0 Å². The van der Waals surface area contributed by atoms with Gasteiger partial charge in [-0.3, -0.25) is 0 Å². The number of nitrogens with zero attached hydrogens (tertiary/aromatic N) is 1. The highest BCUT2D eigenvalue weighted by Crippen LogP contribution is 2.49. The van der Waals surface area contributed by atoms with Crippen LogP contribution in [-0.2, 0) is 9.84 Å². The molecule has 1 rings (SSSR count). The fourth-order valence-electron chi connectivity index (χ4n) is 1.43. The Bertz CT molecular complexity index is 338. The third-order valence-corrected chi connectivity index (χ3v) is 5.30. The lowest BCUT2D eigenvalue weighted by molar-refractivity contribution is 0.539. The van der Waals surface area contributed by atoms with Crippen LogP contribution in [0.4, 0.5) is 0 Å². The summed E-state index contributed by atoms with van der Waals surface area (Å²) >= 11 is 0. The Hall–Kier alpha value is -0.600. The summed E-state index contributed by atoms with van der Waals surface area (Å²) in [5.74, 6) is 0.131. The first kappa shape index (κ1) is 11.5. The molecule has 0 heterocycles. The molecule has 5 heteroatoms. The lowest BCUT2D eigenvalue weighted by Crippen LogP contribution is -2.31. The smallest absolute Gasteiger partial charge is 0.154 e. The van der Waals surface area contributed by atoms with Gasteiger partial charge < -0.3 is 5.73 Å². The van der Waals surface area contributed by atoms with Crippen LogP contribution in [0.3, 0.4) is 0 Å². The van der Waals surface area contributed by atoms with Crippen LogP contribution < -0.4 is 5.73 Å². The minimum atomic E-state index is -3.10. The Kier molecular flexibility index (Phi) is 3.17. The van der Waals surface area contributed by atoms with Gasteiger partial charge >= 0.3 is 0 Å². The van der Waals surface area contributed by atoms with Crippen molar-refractivity contribution in [1.82, 2.24) is 0 Å². The Morgan fingerprint density at radius 1 is 1.57 bits per heavy atom. The van der Waals surface area contributed by atoms with Gasteiger partial charge in [0.15, 0.2) is 9.84 Å². The molecule has 80 valence electrons. The molecule has 4 nitrogen and oxygen atoms in total. The fourth-order valence-corrected chi connectivity index (χ4v) is 3.25. The molecule has 2 N–H and O–H groups in total. The molecule has 1 unspecified atom stereocenters. The van der Waals surface area contributed by atoms with Crippen molar-refractivity contribution in [3.05, 3.63) is 0 Å². The predicted octanol–water partition coefficient (Wildman–Crippen LogP) is 0.442. The largest absolute Gasteiger partial charge is 0.329 e. The monoisotopic (exact) mass is 216 g/mol. The minimum absolute atomic E-state index is 0.131. The van der Waals surface area contributed by atoms with Crippen LogP contribution in [0.15, 0.2) is 0 Å². The normalized spacial score (nSPS) is 21.2. The molecular weight excluding hydrogens is 200 g/mol. The molecule has 0 bridgehead atoms. The first-order valence-electron chi connectivity index (χ1n) is 4.74. The van der Waals surface area contributed by atoms with Gasteiger partial charge in [0, 0.05) is 13.0 Å². The van der Waals surface area contributed by atoms with Gasteiger partial charge in [-0.1, -0.05) is 0 Å². The average Bonchev–Trinajstić information content (AvgIpc) is 2.83. The van der Waals surface area contributed by atoms with E-state index in [9.17, 15) is 8.42 Å². The summed E-state index contributed by atoms with van der Waals surface area (Å²) in [5, 5.41) is 8.08. The van der Waals surface area contributed by atoms with E-state index in [1.807, 2.05) is 0 Å². The Balaban J connectivity index is 2.65. The second kappa shape index (κ2) is 3.87. The van der Waals surface area contributed by atoms with Crippen LogP contribution in [0.25, 0.3) is 0 Å². The molecule has 1 aliphatic carbocycles. The van der Waals surface area contributed by atoms with Crippen molar-refractivity contribution >= 4 is 9.84 Å². The molecule has 0 aromatic rings. The van der Waals surface area contributed by atoms with Gasteiger partial charge in [0.1, 0.15) is 0 Å². The molecule has 0 saturated heterocycles. The second-order valence-corrected chi connectivity index (χ2v) is 6.61. The van der Waals surface area contributed by atoms with Crippen molar-refractivity contribution in [2.45, 2.75) is 31.4 Å². The Morgan fingerprint density at radius 3 is 2.50 bits per heavy atom. The lowest BCUT2D eigenvalue weighted by atomic mass is 10.1. The number of hydrogen-bond donors (Lipinski definition) is 1. The summed E-state index contributed by atoms with van der Waals surface area (Å²) in [4.78, 5) is 0. The van der Waals surface area contributed by atoms with Gasteiger partial charge in [-0.15, -0.1) is 0 Å². The maximum atomic E-state index is 11.7. The first-order chi connectivity index (χ1) is 6.46. The molecular formula is C9H16N2O2S. The van der Waals surface area contributed by atoms with Gasteiger partial charge in [0.2, 0.25) is 0 Å². The average molecular weight is 216 g/mol. The molecule has 0 aliphatic heterocycles. The summed E-state index contributed by atoms with van der Waals surface area (Å²) in [5.41, 5.74) is 5.09. The third-order valence-electron chi connectivity index (χ3n) is 2.86. The van der Waals surface area contributed by atoms with Crippen LogP contribution in [0, 0.1) is 16.7 Å². The maximum absolute atomic E-state index is 11.7. The number of sulfone groups is 1. The van der Waals surface area contributed by atoms with E-state index in [2.05, 4.69) is 6.07 Å². The van der Waals surface area contributed by atoms with Crippen molar-refractivity contribution in [3.8, 4) is 6.07 Å². The molecule has 14 heavy (non-hydrogen) atoms. The van der Waals surface area contributed by atoms with Crippen molar-refractivity contribution in [1.29, 1.82) is 5.26 Å². The fraction of sp³-hybridized carbons (Fsp3) is 0.889. The maximum Gasteiger partial charge on any atom is 0.154 e. The minimum Gasteiger partial charge on any atom is -0.329 e. The molecule has 1 aliphatic rings. The predicted molar refractivity (Wildman–Crippen MR) is 54.2 cm³/mol. The third kappa shape index (κ3) is 2.46. The zero-order chi connectivity index (χ0) is 10.8. The summed E-state index contributed by atoms with van der Waals surface area (Å²) < 4.78 is 23.4. The second-order valence-electron chi connectivity index (χ2n) is 4.19. The Morgan fingerprint density at radius 2 is 2.14 bits per heavy atom. The quantitative estimate of drug-likeness (QED) is 0.722. The summed E-state index contributed by atoms with van der Waals surface area (Å²) in [6, 6.07) is 2.05. The molecule has 0 amide bonds. The van der Waals surface area contributed by atoms with Gasteiger partial charge in [-0.05, 0) is 25.2 Å². The summed E-state index contributed by atoms with van der Waals surface area (Å²) in [6.07, 6.45) is 2.07. The molecule has 0 aromatic heterocycles. The molecule has 0 radical (unpaired) electrons. The summed E-state index contributed by atoms with van der Waals surface area (Å²) in [7, 11) is -3.10. The van der Waals surface area contributed by atoms with Gasteiger partial charge in [-0.25, -0.2) is 8.42 Å². The first-order valence-corrected chi connectivity index (χ1v) is 6.46. The molecule has 1 saturated carbocycles. The van der Waals surface area contributed by atoms with Crippen LogP contribution in [0.1, 0.15) is 26.2 Å². The van der Waals surface area contributed by atoms with E-state index < -0.39 is 15.1 Å². The van der Waals surface area contributed by atoms with Crippen LogP contribution >= 0.6 is 0 Å². The highest BCUT2D eigenvalue weighted by atomic mass is 32.2. The molecule has 1 atom stereocenters. The standard InChI is InChI=1S/C9H16N2O2S/c1-8(6-11)14(12,13)7-9(2-3-9)4-5-10/h8H,2-4,6-7,11H2,1H3. The topological polar surface area (TPSA) is 84.0 Å². The lowest BCUT2D eigenvalue weighted by Gasteiger charge is -2.15. The number of nitriles is 1. The summed E-state index contributed by atoms with van der Waals surface area (Å²) in [6.45, 7) is 1.78. The van der Waals surface area contributed by atoms with Crippen molar-refractivity contribution in [3.63, 3.8) is 0 Å². The SMILES string of the molecule is CC(CN)S(=O)(=O)CC1(CC#N)CC1. The zero-order valence-corrected chi connectivity index (χ0v) is 9.18. The van der Waals surface area contributed by atoms with E-state index in [0.717, 1.165) is 12.8 Å². The number of hydrogen-bond acceptors (Lipinski definition) is 4. The van der Waals surface area contributed by atoms with Crippen molar-refractivity contribution in [2.75, 3.05) is 12.3 Å². The van der Waals surface area contributed by atoms with Crippen molar-refractivity contribution in [2.24, 2.45) is 11.1 Å². The van der Waals surface area contributed by atoms with Gasteiger partial charge in [-0.2, -0.15) is 5.26 Å². The van der Waals surface area contributed by atoms with E-state index in [-0.39, 0.29) is 17.7 Å². The van der Waals surface area contributed by atoms with Crippen molar-refractivity contribution < 1.29 is 8.42 Å². The van der Waals surface area contributed by atoms with Gasteiger partial charge in [0.05, 0.1) is 17.1 Å². The highest BCUT2D eigenvalue weighted by Gasteiger charge is 2.46. The molecule has 0 aromatic carbocycles. The van der Waals surface area contributed by atoms with Crippen LogP contribution in [0.2, 0.25) is 0 Å². The number of rotatable bonds is 5. The van der Waals surface area contributed by atoms with E-state index >= 15 is 0 Å². The van der Waals surface area contributed by atoms with Crippen LogP contribution in [0.5, 0.6) is 0 Å². The van der Waals surface area contributed by atoms with E-state index in [1.54, 1.807) is 6.92 Å². The molecule has 1 fully saturated rings. The zero-order valence-electron chi connectivity index (χ0n) is 8.36. The molecule has 0 spiro atoms. The van der Waals surface area contributed by atoms with E-state index in [4.69, 9.17) is 11.0 Å². The number of nitrogens with two attached hydrogens (primary N) is 1. The van der Waals surface area contributed by atoms with E-state index in [1.165, 1.54) is 0 Å². The van der Waals surface area contributed by atoms with Crippen LogP contribution in [-0.4, -0.2) is 26.0 Å². The Labute approximate surface area is 85.0 Å². The highest BCUT2D eigenvalue weighted by molar-refractivity contribution is 7.92. The van der Waals surface area contributed by atoms with E-state index in [0.29, 0.717) is 6.42 Å².